The highest BCUT2D eigenvalue weighted by Crippen LogP contribution is 2.33. The Bertz CT molecular complexity index is 698. The van der Waals surface area contributed by atoms with E-state index < -0.39 is 5.54 Å². The van der Waals surface area contributed by atoms with E-state index in [9.17, 15) is 9.59 Å². The van der Waals surface area contributed by atoms with Gasteiger partial charge in [-0.3, -0.25) is 9.59 Å². The van der Waals surface area contributed by atoms with Crippen molar-refractivity contribution in [2.24, 2.45) is 5.73 Å². The number of ether oxygens (including phenoxy) is 2. The van der Waals surface area contributed by atoms with Crippen LogP contribution >= 0.6 is 12.4 Å². The van der Waals surface area contributed by atoms with Crippen molar-refractivity contribution in [3.63, 3.8) is 0 Å². The summed E-state index contributed by atoms with van der Waals surface area (Å²) in [6, 6.07) is 5.23. The van der Waals surface area contributed by atoms with Gasteiger partial charge in [-0.25, -0.2) is 0 Å². The summed E-state index contributed by atoms with van der Waals surface area (Å²) in [6.07, 6.45) is 3.57. The molecule has 2 heterocycles. The quantitative estimate of drug-likeness (QED) is 0.836. The highest BCUT2D eigenvalue weighted by atomic mass is 35.5. The zero-order valence-electron chi connectivity index (χ0n) is 14.6. The van der Waals surface area contributed by atoms with Crippen LogP contribution in [0.1, 0.15) is 36.0 Å². The first-order chi connectivity index (χ1) is 12.1. The van der Waals surface area contributed by atoms with Crippen molar-refractivity contribution in [1.82, 2.24) is 9.80 Å². The van der Waals surface area contributed by atoms with Gasteiger partial charge in [0.1, 0.15) is 0 Å². The maximum Gasteiger partial charge on any atom is 0.254 e. The minimum absolute atomic E-state index is 0. The summed E-state index contributed by atoms with van der Waals surface area (Å²) in [6.45, 7) is 2.31. The molecule has 4 rings (SSSR count). The Hall–Kier alpha value is -1.99. The molecule has 1 saturated heterocycles. The van der Waals surface area contributed by atoms with Gasteiger partial charge in [0.15, 0.2) is 11.5 Å². The number of hydrogen-bond donors (Lipinski definition) is 1. The Balaban J connectivity index is 0.00000196. The molecule has 142 valence electrons. The molecular formula is C18H24ClN3O4. The molecule has 26 heavy (non-hydrogen) atoms. The largest absolute Gasteiger partial charge is 0.454 e. The molecule has 1 saturated carbocycles. The highest BCUT2D eigenvalue weighted by Gasteiger charge is 2.40. The normalized spacial score (nSPS) is 20.7. The molecular weight excluding hydrogens is 358 g/mol. The van der Waals surface area contributed by atoms with Crippen LogP contribution in [-0.2, 0) is 4.79 Å². The third-order valence-corrected chi connectivity index (χ3v) is 5.40. The second-order valence-electron chi connectivity index (χ2n) is 7.02. The molecule has 3 aliphatic rings. The molecule has 8 heteroatoms. The molecule has 0 radical (unpaired) electrons. The average molecular weight is 382 g/mol. The number of amides is 2. The summed E-state index contributed by atoms with van der Waals surface area (Å²) in [4.78, 5) is 29.0. The first kappa shape index (κ1) is 18.8. The van der Waals surface area contributed by atoms with Gasteiger partial charge in [0.05, 0.1) is 5.54 Å². The minimum Gasteiger partial charge on any atom is -0.454 e. The molecule has 0 aromatic heterocycles. The van der Waals surface area contributed by atoms with Crippen LogP contribution in [0.5, 0.6) is 11.5 Å². The van der Waals surface area contributed by atoms with Crippen LogP contribution in [0.2, 0.25) is 0 Å². The van der Waals surface area contributed by atoms with E-state index in [1.807, 2.05) is 4.90 Å². The Morgan fingerprint density at radius 2 is 1.58 bits per heavy atom. The fraction of sp³-hybridized carbons (Fsp3) is 0.556. The van der Waals surface area contributed by atoms with E-state index in [1.54, 1.807) is 23.1 Å². The van der Waals surface area contributed by atoms with Crippen LogP contribution in [0.3, 0.4) is 0 Å². The number of hydrogen-bond acceptors (Lipinski definition) is 5. The predicted octanol–water partition coefficient (Wildman–Crippen LogP) is 1.39. The maximum absolute atomic E-state index is 12.7. The van der Waals surface area contributed by atoms with Gasteiger partial charge in [-0.1, -0.05) is 12.8 Å². The molecule has 2 N–H and O–H groups in total. The number of nitrogens with zero attached hydrogens (tertiary/aromatic N) is 2. The second kappa shape index (κ2) is 7.32. The lowest BCUT2D eigenvalue weighted by atomic mass is 9.97. The fourth-order valence-electron chi connectivity index (χ4n) is 3.86. The molecule has 1 aromatic rings. The van der Waals surface area contributed by atoms with Crippen molar-refractivity contribution in [2.45, 2.75) is 31.2 Å². The van der Waals surface area contributed by atoms with Gasteiger partial charge in [0.25, 0.3) is 5.91 Å². The summed E-state index contributed by atoms with van der Waals surface area (Å²) < 4.78 is 10.6. The molecule has 0 spiro atoms. The number of nitrogens with two attached hydrogens (primary N) is 1. The first-order valence-corrected chi connectivity index (χ1v) is 8.84. The summed E-state index contributed by atoms with van der Waals surface area (Å²) in [5.41, 5.74) is 6.16. The third kappa shape index (κ3) is 3.33. The van der Waals surface area contributed by atoms with E-state index in [-0.39, 0.29) is 31.0 Å². The van der Waals surface area contributed by atoms with Gasteiger partial charge in [0, 0.05) is 31.7 Å². The zero-order valence-corrected chi connectivity index (χ0v) is 15.4. The Morgan fingerprint density at radius 3 is 2.27 bits per heavy atom. The number of halogens is 1. The van der Waals surface area contributed by atoms with Gasteiger partial charge in [0.2, 0.25) is 12.7 Å². The van der Waals surface area contributed by atoms with Crippen LogP contribution in [-0.4, -0.2) is 60.1 Å². The van der Waals surface area contributed by atoms with Crippen molar-refractivity contribution in [1.29, 1.82) is 0 Å². The Labute approximate surface area is 158 Å². The fourth-order valence-corrected chi connectivity index (χ4v) is 3.86. The number of rotatable bonds is 2. The van der Waals surface area contributed by atoms with E-state index in [2.05, 4.69) is 0 Å². The van der Waals surface area contributed by atoms with Gasteiger partial charge in [-0.05, 0) is 31.0 Å². The average Bonchev–Trinajstić information content (AvgIpc) is 3.29. The molecule has 1 aliphatic carbocycles. The maximum atomic E-state index is 12.7. The van der Waals surface area contributed by atoms with Crippen molar-refractivity contribution in [2.75, 3.05) is 33.0 Å². The Kier molecular flexibility index (Phi) is 5.29. The van der Waals surface area contributed by atoms with Crippen LogP contribution in [0, 0.1) is 0 Å². The molecule has 1 aromatic carbocycles. The van der Waals surface area contributed by atoms with Crippen molar-refractivity contribution >= 4 is 24.2 Å². The van der Waals surface area contributed by atoms with Gasteiger partial charge < -0.3 is 25.0 Å². The van der Waals surface area contributed by atoms with Crippen molar-refractivity contribution in [3.05, 3.63) is 23.8 Å². The minimum atomic E-state index is -0.691. The number of carbonyl (C=O) groups is 2. The second-order valence-corrected chi connectivity index (χ2v) is 7.02. The van der Waals surface area contributed by atoms with Crippen LogP contribution in [0.25, 0.3) is 0 Å². The SMILES string of the molecule is Cl.NC1(C(=O)N2CCN(C(=O)c3ccc4c(c3)OCO4)CC2)CCCC1. The predicted molar refractivity (Wildman–Crippen MR) is 97.7 cm³/mol. The van der Waals surface area contributed by atoms with Crippen LogP contribution < -0.4 is 15.2 Å². The van der Waals surface area contributed by atoms with E-state index in [0.29, 0.717) is 43.2 Å². The standard InChI is InChI=1S/C18H23N3O4.ClH/c19-18(5-1-2-6-18)17(23)21-9-7-20(8-10-21)16(22)13-3-4-14-15(11-13)25-12-24-14;/h3-4,11H,1-2,5-10,12,19H2;1H. The van der Waals surface area contributed by atoms with Crippen molar-refractivity contribution < 1.29 is 19.1 Å². The van der Waals surface area contributed by atoms with Crippen LogP contribution in [0.4, 0.5) is 0 Å². The Morgan fingerprint density at radius 1 is 0.962 bits per heavy atom. The molecule has 7 nitrogen and oxygen atoms in total. The van der Waals surface area contributed by atoms with Crippen LogP contribution in [0.15, 0.2) is 18.2 Å². The van der Waals surface area contributed by atoms with E-state index in [1.165, 1.54) is 0 Å². The number of benzene rings is 1. The summed E-state index contributed by atoms with van der Waals surface area (Å²) in [5, 5.41) is 0. The lowest BCUT2D eigenvalue weighted by Gasteiger charge is -2.38. The molecule has 2 aliphatic heterocycles. The number of fused-ring (bicyclic) bond motifs is 1. The summed E-state index contributed by atoms with van der Waals surface area (Å²) >= 11 is 0. The smallest absolute Gasteiger partial charge is 0.254 e. The van der Waals surface area contributed by atoms with Crippen molar-refractivity contribution in [3.8, 4) is 11.5 Å². The topological polar surface area (TPSA) is 85.1 Å². The highest BCUT2D eigenvalue weighted by molar-refractivity contribution is 5.95. The number of piperazine rings is 1. The number of carbonyl (C=O) groups excluding carboxylic acids is 2. The van der Waals surface area contributed by atoms with Gasteiger partial charge in [-0.15, -0.1) is 12.4 Å². The van der Waals surface area contributed by atoms with E-state index in [4.69, 9.17) is 15.2 Å². The van der Waals surface area contributed by atoms with E-state index in [0.717, 1.165) is 25.7 Å². The molecule has 0 bridgehead atoms. The molecule has 2 amide bonds. The lowest BCUT2D eigenvalue weighted by molar-refractivity contribution is -0.138. The monoisotopic (exact) mass is 381 g/mol. The summed E-state index contributed by atoms with van der Waals surface area (Å²) in [7, 11) is 0. The zero-order chi connectivity index (χ0) is 17.4. The molecule has 0 unspecified atom stereocenters. The van der Waals surface area contributed by atoms with Gasteiger partial charge >= 0.3 is 0 Å². The lowest BCUT2D eigenvalue weighted by Crippen LogP contribution is -2.59. The first-order valence-electron chi connectivity index (χ1n) is 8.84. The van der Waals surface area contributed by atoms with E-state index >= 15 is 0 Å². The molecule has 0 atom stereocenters. The third-order valence-electron chi connectivity index (χ3n) is 5.40. The summed E-state index contributed by atoms with van der Waals surface area (Å²) in [5.74, 6) is 1.26. The van der Waals surface area contributed by atoms with Gasteiger partial charge in [-0.2, -0.15) is 0 Å². The molecule has 2 fully saturated rings.